The van der Waals surface area contributed by atoms with Crippen LogP contribution in [0.2, 0.25) is 0 Å². The third-order valence-electron chi connectivity index (χ3n) is 3.83. The van der Waals surface area contributed by atoms with E-state index < -0.39 is 0 Å². The minimum atomic E-state index is 0.532. The fraction of sp³-hybridized carbons (Fsp3) is 0.467. The van der Waals surface area contributed by atoms with Crippen LogP contribution in [0.1, 0.15) is 41.4 Å². The molecule has 4 heteroatoms. The van der Waals surface area contributed by atoms with Crippen molar-refractivity contribution in [3.05, 3.63) is 47.0 Å². The summed E-state index contributed by atoms with van der Waals surface area (Å²) in [6.07, 6.45) is 6.04. The number of nitrogens with one attached hydrogen (secondary N) is 2. The van der Waals surface area contributed by atoms with E-state index in [4.69, 9.17) is 0 Å². The molecule has 19 heavy (non-hydrogen) atoms. The standard InChI is InChI=1S/C15H20N4/c1-11-4-5-12-6-7-14(13(12)9-11)16-8-2-3-15-17-10-18-19-15/h4-5,9-10,14,16H,2-3,6-8H2,1H3,(H,17,18,19). The molecule has 0 aliphatic heterocycles. The molecule has 0 saturated carbocycles. The van der Waals surface area contributed by atoms with Gasteiger partial charge in [0.2, 0.25) is 0 Å². The number of aromatic amines is 1. The molecule has 1 aromatic heterocycles. The van der Waals surface area contributed by atoms with Gasteiger partial charge >= 0.3 is 0 Å². The monoisotopic (exact) mass is 256 g/mol. The lowest BCUT2D eigenvalue weighted by molar-refractivity contribution is 0.518. The Kier molecular flexibility index (Phi) is 3.60. The number of H-pyrrole nitrogens is 1. The summed E-state index contributed by atoms with van der Waals surface area (Å²) in [7, 11) is 0. The molecule has 1 aromatic carbocycles. The Hall–Kier alpha value is -1.68. The lowest BCUT2D eigenvalue weighted by atomic mass is 10.0. The summed E-state index contributed by atoms with van der Waals surface area (Å²) in [5.74, 6) is 0.976. The van der Waals surface area contributed by atoms with Crippen LogP contribution in [-0.2, 0) is 12.8 Å². The highest BCUT2D eigenvalue weighted by molar-refractivity contribution is 5.37. The quantitative estimate of drug-likeness (QED) is 0.807. The largest absolute Gasteiger partial charge is 0.310 e. The first-order valence-electron chi connectivity index (χ1n) is 7.00. The summed E-state index contributed by atoms with van der Waals surface area (Å²) in [4.78, 5) is 4.14. The number of benzene rings is 1. The highest BCUT2D eigenvalue weighted by atomic mass is 15.2. The molecule has 1 aliphatic carbocycles. The van der Waals surface area contributed by atoms with Crippen molar-refractivity contribution >= 4 is 0 Å². The lowest BCUT2D eigenvalue weighted by Crippen LogP contribution is -2.21. The first-order chi connectivity index (χ1) is 9.33. The number of rotatable bonds is 5. The molecule has 0 bridgehead atoms. The number of aromatic nitrogens is 3. The fourth-order valence-electron chi connectivity index (χ4n) is 2.82. The molecular formula is C15H20N4. The van der Waals surface area contributed by atoms with E-state index in [2.05, 4.69) is 45.6 Å². The third-order valence-corrected chi connectivity index (χ3v) is 3.83. The van der Waals surface area contributed by atoms with E-state index in [0.717, 1.165) is 25.2 Å². The van der Waals surface area contributed by atoms with Crippen molar-refractivity contribution in [1.82, 2.24) is 20.5 Å². The Bertz CT molecular complexity index is 533. The van der Waals surface area contributed by atoms with Gasteiger partial charge in [-0.25, -0.2) is 4.98 Å². The molecule has 100 valence electrons. The minimum Gasteiger partial charge on any atom is -0.310 e. The van der Waals surface area contributed by atoms with Crippen molar-refractivity contribution in [3.8, 4) is 0 Å². The van der Waals surface area contributed by atoms with Crippen LogP contribution in [0, 0.1) is 6.92 Å². The van der Waals surface area contributed by atoms with Crippen molar-refractivity contribution in [1.29, 1.82) is 0 Å². The Morgan fingerprint density at radius 1 is 1.42 bits per heavy atom. The van der Waals surface area contributed by atoms with Crippen LogP contribution in [0.3, 0.4) is 0 Å². The predicted molar refractivity (Wildman–Crippen MR) is 74.9 cm³/mol. The Morgan fingerprint density at radius 2 is 2.37 bits per heavy atom. The number of hydrogen-bond donors (Lipinski definition) is 2. The fourth-order valence-corrected chi connectivity index (χ4v) is 2.82. The number of nitrogens with zero attached hydrogens (tertiary/aromatic N) is 2. The average Bonchev–Trinajstić information content (AvgIpc) is 3.04. The van der Waals surface area contributed by atoms with E-state index in [9.17, 15) is 0 Å². The van der Waals surface area contributed by atoms with Crippen molar-refractivity contribution < 1.29 is 0 Å². The van der Waals surface area contributed by atoms with E-state index in [1.54, 1.807) is 6.33 Å². The van der Waals surface area contributed by atoms with Gasteiger partial charge in [-0.05, 0) is 43.9 Å². The SMILES string of the molecule is Cc1ccc2c(c1)C(NCCCc1ncn[nH]1)CC2. The maximum atomic E-state index is 4.14. The number of aryl methyl sites for hydroxylation is 3. The molecule has 4 nitrogen and oxygen atoms in total. The summed E-state index contributed by atoms with van der Waals surface area (Å²) in [5.41, 5.74) is 4.37. The summed E-state index contributed by atoms with van der Waals surface area (Å²) in [6.45, 7) is 3.19. The van der Waals surface area contributed by atoms with Gasteiger partial charge in [0.05, 0.1) is 0 Å². The molecule has 0 spiro atoms. The Balaban J connectivity index is 1.51. The minimum absolute atomic E-state index is 0.532. The van der Waals surface area contributed by atoms with Gasteiger partial charge < -0.3 is 5.32 Å². The van der Waals surface area contributed by atoms with Gasteiger partial charge in [0.1, 0.15) is 12.2 Å². The second kappa shape index (κ2) is 5.53. The summed E-state index contributed by atoms with van der Waals surface area (Å²) in [5, 5.41) is 10.4. The maximum absolute atomic E-state index is 4.14. The average molecular weight is 256 g/mol. The smallest absolute Gasteiger partial charge is 0.137 e. The van der Waals surface area contributed by atoms with Gasteiger partial charge in [0.15, 0.2) is 0 Å². The van der Waals surface area contributed by atoms with Crippen LogP contribution in [-0.4, -0.2) is 21.7 Å². The first-order valence-corrected chi connectivity index (χ1v) is 7.00. The van der Waals surface area contributed by atoms with Crippen molar-refractivity contribution in [2.24, 2.45) is 0 Å². The zero-order chi connectivity index (χ0) is 13.1. The van der Waals surface area contributed by atoms with E-state index in [0.29, 0.717) is 6.04 Å². The van der Waals surface area contributed by atoms with E-state index in [1.165, 1.54) is 29.5 Å². The third kappa shape index (κ3) is 2.84. The summed E-state index contributed by atoms with van der Waals surface area (Å²) in [6, 6.07) is 7.35. The van der Waals surface area contributed by atoms with E-state index in [-0.39, 0.29) is 0 Å². The van der Waals surface area contributed by atoms with Gasteiger partial charge in [-0.3, -0.25) is 5.10 Å². The van der Waals surface area contributed by atoms with Crippen LogP contribution in [0.15, 0.2) is 24.5 Å². The van der Waals surface area contributed by atoms with Crippen LogP contribution in [0.5, 0.6) is 0 Å². The predicted octanol–water partition coefficient (Wildman–Crippen LogP) is 2.32. The van der Waals surface area contributed by atoms with Crippen molar-refractivity contribution in [3.63, 3.8) is 0 Å². The normalized spacial score (nSPS) is 17.6. The molecule has 1 heterocycles. The maximum Gasteiger partial charge on any atom is 0.137 e. The summed E-state index contributed by atoms with van der Waals surface area (Å²) < 4.78 is 0. The zero-order valence-corrected chi connectivity index (χ0v) is 11.3. The molecule has 0 saturated heterocycles. The van der Waals surface area contributed by atoms with Crippen molar-refractivity contribution in [2.45, 2.75) is 38.6 Å². The van der Waals surface area contributed by atoms with Crippen LogP contribution >= 0.6 is 0 Å². The molecule has 0 amide bonds. The Morgan fingerprint density at radius 3 is 3.21 bits per heavy atom. The Labute approximate surface area is 113 Å². The summed E-state index contributed by atoms with van der Waals surface area (Å²) >= 11 is 0. The second-order valence-corrected chi connectivity index (χ2v) is 5.28. The van der Waals surface area contributed by atoms with E-state index in [1.807, 2.05) is 0 Å². The number of fused-ring (bicyclic) bond motifs is 1. The van der Waals surface area contributed by atoms with Crippen LogP contribution in [0.4, 0.5) is 0 Å². The lowest BCUT2D eigenvalue weighted by Gasteiger charge is -2.14. The molecule has 0 radical (unpaired) electrons. The zero-order valence-electron chi connectivity index (χ0n) is 11.3. The molecule has 3 rings (SSSR count). The molecule has 1 aliphatic rings. The molecular weight excluding hydrogens is 236 g/mol. The molecule has 1 unspecified atom stereocenters. The van der Waals surface area contributed by atoms with Gasteiger partial charge in [0.25, 0.3) is 0 Å². The number of hydrogen-bond acceptors (Lipinski definition) is 3. The first kappa shape index (κ1) is 12.4. The van der Waals surface area contributed by atoms with E-state index >= 15 is 0 Å². The topological polar surface area (TPSA) is 53.6 Å². The highest BCUT2D eigenvalue weighted by Crippen LogP contribution is 2.31. The molecule has 2 aromatic rings. The van der Waals surface area contributed by atoms with Gasteiger partial charge in [-0.15, -0.1) is 0 Å². The second-order valence-electron chi connectivity index (χ2n) is 5.28. The van der Waals surface area contributed by atoms with Gasteiger partial charge in [-0.2, -0.15) is 5.10 Å². The van der Waals surface area contributed by atoms with Gasteiger partial charge in [-0.1, -0.05) is 23.8 Å². The molecule has 0 fully saturated rings. The van der Waals surface area contributed by atoms with Gasteiger partial charge in [0, 0.05) is 12.5 Å². The van der Waals surface area contributed by atoms with Crippen LogP contribution in [0.25, 0.3) is 0 Å². The molecule has 2 N–H and O–H groups in total. The van der Waals surface area contributed by atoms with Crippen molar-refractivity contribution in [2.75, 3.05) is 6.54 Å². The van der Waals surface area contributed by atoms with Crippen LogP contribution < -0.4 is 5.32 Å². The highest BCUT2D eigenvalue weighted by Gasteiger charge is 2.21. The molecule has 1 atom stereocenters.